The van der Waals surface area contributed by atoms with Crippen molar-refractivity contribution < 1.29 is 58.2 Å². The van der Waals surface area contributed by atoms with E-state index in [0.717, 1.165) is 180 Å². The molecule has 0 aromatic carbocycles. The maximum atomic E-state index is 13.2. The monoisotopic (exact) mass is 1130 g/mol. The fraction of sp³-hybridized carbons (Fsp3) is 0.652. The first-order valence-electron chi connectivity index (χ1n) is 31.5. The van der Waals surface area contributed by atoms with E-state index in [1.165, 1.54) is 0 Å². The minimum absolute atomic E-state index is 0.0324. The number of aliphatic hydroxyl groups excluding tert-OH is 2. The number of carbonyl (C=O) groups is 4. The summed E-state index contributed by atoms with van der Waals surface area (Å²) in [6.07, 6.45) is 64.4. The Labute approximate surface area is 490 Å². The molecule has 12 heteroatoms. The summed E-state index contributed by atoms with van der Waals surface area (Å²) in [7, 11) is 0. The van der Waals surface area contributed by atoms with Crippen LogP contribution in [0.25, 0.3) is 0 Å². The smallest absolute Gasteiger partial charge is 0.335 e. The largest absolute Gasteiger partial charge is 0.479 e. The Morgan fingerprint density at radius 2 is 0.741 bits per heavy atom. The van der Waals surface area contributed by atoms with Crippen molar-refractivity contribution in [3.8, 4) is 0 Å². The first-order chi connectivity index (χ1) is 39.6. The summed E-state index contributed by atoms with van der Waals surface area (Å²) < 4.78 is 28.5. The Balaban J connectivity index is 2.70. The molecule has 1 aliphatic heterocycles. The van der Waals surface area contributed by atoms with Crippen molar-refractivity contribution in [3.63, 3.8) is 0 Å². The number of carboxylic acids is 1. The third-order valence-electron chi connectivity index (χ3n) is 13.5. The number of esters is 3. The molecule has 1 saturated heterocycles. The third-order valence-corrected chi connectivity index (χ3v) is 13.5. The van der Waals surface area contributed by atoms with E-state index in [1.807, 2.05) is 0 Å². The van der Waals surface area contributed by atoms with Crippen LogP contribution in [0, 0.1) is 0 Å². The second kappa shape index (κ2) is 55.6. The number of ether oxygens (including phenoxy) is 5. The van der Waals surface area contributed by atoms with E-state index in [-0.39, 0.29) is 25.9 Å². The Bertz CT molecular complexity index is 1870. The molecular formula is C69H110O12. The van der Waals surface area contributed by atoms with E-state index in [2.05, 4.69) is 142 Å². The number of allylic oxidation sites excluding steroid dienone is 20. The molecule has 0 aromatic heterocycles. The van der Waals surface area contributed by atoms with E-state index in [4.69, 9.17) is 23.7 Å². The van der Waals surface area contributed by atoms with Crippen molar-refractivity contribution in [2.24, 2.45) is 0 Å². The van der Waals surface area contributed by atoms with Crippen molar-refractivity contribution in [2.75, 3.05) is 13.2 Å². The van der Waals surface area contributed by atoms with Gasteiger partial charge in [-0.15, -0.1) is 0 Å². The van der Waals surface area contributed by atoms with Crippen LogP contribution in [-0.4, -0.2) is 89.2 Å². The highest BCUT2D eigenvalue weighted by Gasteiger charge is 2.50. The molecule has 0 radical (unpaired) electrons. The van der Waals surface area contributed by atoms with Gasteiger partial charge in [0.1, 0.15) is 18.8 Å². The highest BCUT2D eigenvalue weighted by molar-refractivity contribution is 5.74. The van der Waals surface area contributed by atoms with Crippen molar-refractivity contribution >= 4 is 23.9 Å². The molecule has 1 heterocycles. The molecule has 0 bridgehead atoms. The fourth-order valence-electron chi connectivity index (χ4n) is 8.80. The predicted octanol–water partition coefficient (Wildman–Crippen LogP) is 16.8. The number of carboxylic acid groups (broad SMARTS) is 1. The van der Waals surface area contributed by atoms with Crippen LogP contribution < -0.4 is 0 Å². The maximum Gasteiger partial charge on any atom is 0.335 e. The average Bonchev–Trinajstić information content (AvgIpc) is 3.53. The van der Waals surface area contributed by atoms with Gasteiger partial charge in [-0.1, -0.05) is 219 Å². The predicted molar refractivity (Wildman–Crippen MR) is 330 cm³/mol. The molecule has 12 nitrogen and oxygen atoms in total. The molecule has 81 heavy (non-hydrogen) atoms. The number of aliphatic carboxylic acids is 1. The van der Waals surface area contributed by atoms with Crippen LogP contribution in [0.1, 0.15) is 239 Å². The third kappa shape index (κ3) is 45.3. The van der Waals surface area contributed by atoms with Gasteiger partial charge in [-0.25, -0.2) is 4.79 Å². The average molecular weight is 1130 g/mol. The Kier molecular flexibility index (Phi) is 50.9. The van der Waals surface area contributed by atoms with Crippen LogP contribution in [0.5, 0.6) is 0 Å². The van der Waals surface area contributed by atoms with Crippen LogP contribution in [-0.2, 0) is 42.9 Å². The molecule has 1 rings (SSSR count). The number of hydrogen-bond acceptors (Lipinski definition) is 11. The van der Waals surface area contributed by atoms with Gasteiger partial charge in [0.25, 0.3) is 0 Å². The van der Waals surface area contributed by atoms with Crippen molar-refractivity contribution in [2.45, 2.75) is 276 Å². The van der Waals surface area contributed by atoms with Gasteiger partial charge in [0, 0.05) is 19.3 Å². The second-order valence-electron chi connectivity index (χ2n) is 20.9. The van der Waals surface area contributed by atoms with Gasteiger partial charge in [-0.05, 0) is 122 Å². The van der Waals surface area contributed by atoms with Gasteiger partial charge >= 0.3 is 23.9 Å². The molecule has 1 aliphatic rings. The van der Waals surface area contributed by atoms with Crippen molar-refractivity contribution in [3.05, 3.63) is 122 Å². The lowest BCUT2D eigenvalue weighted by atomic mass is 9.98. The molecule has 1 fully saturated rings. The molecule has 458 valence electrons. The van der Waals surface area contributed by atoms with Gasteiger partial charge in [0.15, 0.2) is 24.6 Å². The Morgan fingerprint density at radius 1 is 0.407 bits per heavy atom. The van der Waals surface area contributed by atoms with E-state index in [0.29, 0.717) is 19.3 Å². The lowest BCUT2D eigenvalue weighted by molar-refractivity contribution is -0.301. The van der Waals surface area contributed by atoms with E-state index >= 15 is 0 Å². The molecule has 0 amide bonds. The molecule has 3 N–H and O–H groups in total. The zero-order valence-electron chi connectivity index (χ0n) is 50.5. The van der Waals surface area contributed by atoms with Gasteiger partial charge in [-0.3, -0.25) is 14.4 Å². The minimum atomic E-state index is -1.92. The molecule has 0 saturated carbocycles. The maximum absolute atomic E-state index is 13.2. The summed E-state index contributed by atoms with van der Waals surface area (Å²) in [6.45, 7) is 5.64. The normalized spacial score (nSPS) is 18.6. The number of aliphatic hydroxyl groups is 2. The van der Waals surface area contributed by atoms with Gasteiger partial charge in [0.05, 0.1) is 6.61 Å². The van der Waals surface area contributed by atoms with E-state index in [1.54, 1.807) is 0 Å². The standard InChI is InChI=1S/C69H110O12/c1-4-7-10-13-16-19-22-25-28-30-31-33-35-37-40-43-46-49-52-55-61(70)77-58-60(79-62(71)56-53-50-47-44-41-39-36-32-29-26-23-20-17-14-11-8-5-2)59-78-69-67(65(74)64(73)66(81-69)68(75)76)80-63(72)57-54-51-48-45-42-38-34-27-24-21-18-15-12-9-6-3/h7-12,16-21,25-29,31,33-34,60,64-67,69,73-74H,4-6,13-15,22-24,30,32,35-59H2,1-3H3,(H,75,76)/b10-7-,11-8-,12-9-,19-16-,20-17-,21-18-,28-25-,29-26-,33-31-,34-27-. The Hall–Kier alpha value is -4.88. The molecule has 0 aliphatic carbocycles. The molecule has 0 aromatic rings. The van der Waals surface area contributed by atoms with Crippen molar-refractivity contribution in [1.82, 2.24) is 0 Å². The number of hydrogen-bond donors (Lipinski definition) is 3. The summed E-state index contributed by atoms with van der Waals surface area (Å²) in [5, 5.41) is 31.6. The van der Waals surface area contributed by atoms with Gasteiger partial charge < -0.3 is 39.0 Å². The zero-order chi connectivity index (χ0) is 58.9. The first kappa shape index (κ1) is 74.1. The topological polar surface area (TPSA) is 175 Å². The minimum Gasteiger partial charge on any atom is -0.479 e. The number of rotatable bonds is 52. The van der Waals surface area contributed by atoms with E-state index < -0.39 is 67.3 Å². The second-order valence-corrected chi connectivity index (χ2v) is 20.9. The van der Waals surface area contributed by atoms with Crippen LogP contribution in [0.2, 0.25) is 0 Å². The summed E-state index contributed by atoms with van der Waals surface area (Å²) >= 11 is 0. The van der Waals surface area contributed by atoms with Gasteiger partial charge in [0.2, 0.25) is 0 Å². The van der Waals surface area contributed by atoms with Crippen LogP contribution in [0.15, 0.2) is 122 Å². The van der Waals surface area contributed by atoms with E-state index in [9.17, 15) is 34.5 Å². The quantitative estimate of drug-likeness (QED) is 0.0228. The summed E-state index contributed by atoms with van der Waals surface area (Å²) in [4.78, 5) is 51.3. The Morgan fingerprint density at radius 3 is 1.12 bits per heavy atom. The summed E-state index contributed by atoms with van der Waals surface area (Å²) in [5.41, 5.74) is 0. The number of carbonyl (C=O) groups excluding carboxylic acids is 3. The highest BCUT2D eigenvalue weighted by atomic mass is 16.7. The van der Waals surface area contributed by atoms with Crippen LogP contribution in [0.4, 0.5) is 0 Å². The molecule has 6 unspecified atom stereocenters. The SMILES string of the molecule is CC/C=C\C/C=C\C/C=C\C/C=C\CCCCCCCCC(=O)OCC(COC1OC(C(=O)O)C(O)C(O)C1OC(=O)CCCCCCC/C=C\C/C=C\C/C=C\CC)OC(=O)CCCCCCCCC/C=C\C/C=C\C/C=C\CC. The number of unbranched alkanes of at least 4 members (excludes halogenated alkanes) is 18. The highest BCUT2D eigenvalue weighted by Crippen LogP contribution is 2.26. The molecular weight excluding hydrogens is 1020 g/mol. The summed E-state index contributed by atoms with van der Waals surface area (Å²) in [6, 6.07) is 0. The zero-order valence-corrected chi connectivity index (χ0v) is 50.5. The summed E-state index contributed by atoms with van der Waals surface area (Å²) in [5.74, 6) is -3.18. The van der Waals surface area contributed by atoms with Gasteiger partial charge in [-0.2, -0.15) is 0 Å². The van der Waals surface area contributed by atoms with Crippen LogP contribution in [0.3, 0.4) is 0 Å². The fourth-order valence-corrected chi connectivity index (χ4v) is 8.80. The molecule has 6 atom stereocenters. The lowest BCUT2D eigenvalue weighted by Crippen LogP contribution is -2.61. The van der Waals surface area contributed by atoms with Crippen LogP contribution >= 0.6 is 0 Å². The first-order valence-corrected chi connectivity index (χ1v) is 31.5. The molecule has 0 spiro atoms. The lowest BCUT2D eigenvalue weighted by Gasteiger charge is -2.40. The van der Waals surface area contributed by atoms with Crippen molar-refractivity contribution in [1.29, 1.82) is 0 Å².